The molecule has 0 aromatic heterocycles. The van der Waals surface area contributed by atoms with Crippen molar-refractivity contribution in [3.63, 3.8) is 0 Å². The van der Waals surface area contributed by atoms with Crippen molar-refractivity contribution in [3.8, 4) is 11.5 Å². The molecule has 0 bridgehead atoms. The normalized spacial score (nSPS) is 16.7. The Balaban J connectivity index is 1.83. The second-order valence-electron chi connectivity index (χ2n) is 8.52. The summed E-state index contributed by atoms with van der Waals surface area (Å²) in [6.45, 7) is 3.10. The lowest BCUT2D eigenvalue weighted by molar-refractivity contribution is -0.205. The minimum Gasteiger partial charge on any atom is -0.496 e. The van der Waals surface area contributed by atoms with Crippen molar-refractivity contribution in [1.29, 1.82) is 0 Å². The van der Waals surface area contributed by atoms with E-state index in [0.29, 0.717) is 11.3 Å². The number of rotatable bonds is 7. The number of methoxy groups -OCH3 is 2. The van der Waals surface area contributed by atoms with Crippen molar-refractivity contribution < 1.29 is 38.1 Å². The number of benzene rings is 2. The van der Waals surface area contributed by atoms with Gasteiger partial charge in [0.1, 0.15) is 17.3 Å². The van der Waals surface area contributed by atoms with E-state index < -0.39 is 29.1 Å². The monoisotopic (exact) mass is 476 g/mol. The van der Waals surface area contributed by atoms with Gasteiger partial charge in [0.2, 0.25) is 11.6 Å². The average molecular weight is 476 g/mol. The number of hydrogen-bond donors (Lipinski definition) is 0. The molecule has 2 aromatic rings. The van der Waals surface area contributed by atoms with Crippen molar-refractivity contribution in [3.05, 3.63) is 82.1 Å². The summed E-state index contributed by atoms with van der Waals surface area (Å²) in [6.07, 6.45) is 0.714. The number of fused-ring (bicyclic) bond motifs is 1. The molecule has 0 N–H and O–H groups in total. The molecule has 0 amide bonds. The molecule has 8 heteroatoms. The van der Waals surface area contributed by atoms with E-state index in [4.69, 9.17) is 18.9 Å². The van der Waals surface area contributed by atoms with Crippen molar-refractivity contribution >= 4 is 23.3 Å². The molecule has 0 fully saturated rings. The van der Waals surface area contributed by atoms with E-state index in [-0.39, 0.29) is 46.6 Å². The van der Waals surface area contributed by atoms with Crippen LogP contribution in [0, 0.1) is 0 Å². The molecule has 0 saturated heterocycles. The van der Waals surface area contributed by atoms with Crippen LogP contribution in [0.4, 0.5) is 0 Å². The van der Waals surface area contributed by atoms with Crippen LogP contribution < -0.4 is 9.47 Å². The van der Waals surface area contributed by atoms with Crippen LogP contribution in [0.2, 0.25) is 0 Å². The van der Waals surface area contributed by atoms with Crippen LogP contribution in [0.25, 0.3) is 0 Å². The van der Waals surface area contributed by atoms with Gasteiger partial charge in [-0.1, -0.05) is 30.3 Å². The lowest BCUT2D eigenvalue weighted by Gasteiger charge is -2.31. The third-order valence-corrected chi connectivity index (χ3v) is 5.70. The van der Waals surface area contributed by atoms with Crippen LogP contribution in [0.15, 0.2) is 65.4 Å². The van der Waals surface area contributed by atoms with E-state index in [1.54, 1.807) is 50.2 Å². The Morgan fingerprint density at radius 3 is 2.26 bits per heavy atom. The number of ether oxygens (including phenoxy) is 4. The molecular weight excluding hydrogens is 452 g/mol. The quantitative estimate of drug-likeness (QED) is 0.439. The number of carbonyl (C=O) groups excluding carboxylic acids is 4. The predicted molar refractivity (Wildman–Crippen MR) is 124 cm³/mol. The number of esters is 1. The fourth-order valence-corrected chi connectivity index (χ4v) is 4.27. The van der Waals surface area contributed by atoms with E-state index in [2.05, 4.69) is 0 Å². The van der Waals surface area contributed by atoms with Crippen LogP contribution in [0.5, 0.6) is 11.5 Å². The third kappa shape index (κ3) is 4.59. The summed E-state index contributed by atoms with van der Waals surface area (Å²) >= 11 is 0. The number of hydrogen-bond acceptors (Lipinski definition) is 8. The van der Waals surface area contributed by atoms with Crippen LogP contribution in [0.1, 0.15) is 46.5 Å². The van der Waals surface area contributed by atoms with Crippen LogP contribution in [-0.4, -0.2) is 43.3 Å². The topological polar surface area (TPSA) is 105 Å². The van der Waals surface area contributed by atoms with Crippen LogP contribution in [0.3, 0.4) is 0 Å². The molecule has 8 nitrogen and oxygen atoms in total. The number of para-hydroxylation sites is 1. The maximum absolute atomic E-state index is 13.7. The fourth-order valence-electron chi connectivity index (χ4n) is 4.27. The first-order chi connectivity index (χ1) is 16.6. The van der Waals surface area contributed by atoms with Crippen molar-refractivity contribution in [2.45, 2.75) is 32.5 Å². The Kier molecular flexibility index (Phi) is 6.30. The summed E-state index contributed by atoms with van der Waals surface area (Å²) in [5, 5.41) is 0. The summed E-state index contributed by atoms with van der Waals surface area (Å²) < 4.78 is 21.5. The number of cyclic esters (lactones) is 1. The van der Waals surface area contributed by atoms with Gasteiger partial charge in [0.25, 0.3) is 0 Å². The molecule has 0 unspecified atom stereocenters. The number of allylic oxidation sites excluding steroid dienone is 2. The molecule has 180 valence electrons. The van der Waals surface area contributed by atoms with Crippen molar-refractivity contribution in [2.24, 2.45) is 0 Å². The zero-order valence-electron chi connectivity index (χ0n) is 19.8. The van der Waals surface area contributed by atoms with E-state index >= 15 is 0 Å². The molecule has 35 heavy (non-hydrogen) atoms. The Morgan fingerprint density at radius 2 is 1.57 bits per heavy atom. The summed E-state index contributed by atoms with van der Waals surface area (Å²) in [4.78, 5) is 52.9. The van der Waals surface area contributed by atoms with Gasteiger partial charge < -0.3 is 18.9 Å². The van der Waals surface area contributed by atoms with Crippen molar-refractivity contribution in [1.82, 2.24) is 0 Å². The minimum atomic E-state index is -1.26. The second-order valence-corrected chi connectivity index (χ2v) is 8.52. The molecule has 0 radical (unpaired) electrons. The lowest BCUT2D eigenvalue weighted by Crippen LogP contribution is -2.35. The number of carbonyl (C=O) groups is 4. The van der Waals surface area contributed by atoms with E-state index in [1.807, 2.05) is 0 Å². The molecule has 2 aromatic carbocycles. The first-order valence-electron chi connectivity index (χ1n) is 10.9. The largest absolute Gasteiger partial charge is 0.496 e. The fraction of sp³-hybridized carbons (Fsp3) is 0.259. The van der Waals surface area contributed by atoms with Crippen LogP contribution in [-0.2, 0) is 25.5 Å². The maximum Gasteiger partial charge on any atom is 0.337 e. The van der Waals surface area contributed by atoms with Gasteiger partial charge in [-0.3, -0.25) is 14.4 Å². The van der Waals surface area contributed by atoms with Gasteiger partial charge in [-0.2, -0.15) is 0 Å². The standard InChI is InChI=1S/C27H24O8/c1-27(2)34-16(14-22(29)35-27)13-18-23(19(28)12-15-8-5-6-10-20(15)32-3)26(31)24-17(25(18)30)9-7-11-21(24)33-4/h5-11,14H,12-13H2,1-4H3. The third-order valence-electron chi connectivity index (χ3n) is 5.70. The highest BCUT2D eigenvalue weighted by molar-refractivity contribution is 6.37. The van der Waals surface area contributed by atoms with Gasteiger partial charge >= 0.3 is 5.97 Å². The summed E-state index contributed by atoms with van der Waals surface area (Å²) in [5.74, 6) is -2.79. The van der Waals surface area contributed by atoms with Gasteiger partial charge in [0.05, 0.1) is 31.4 Å². The van der Waals surface area contributed by atoms with Gasteiger partial charge in [-0.05, 0) is 12.1 Å². The molecule has 0 spiro atoms. The molecule has 1 aliphatic carbocycles. The van der Waals surface area contributed by atoms with E-state index in [9.17, 15) is 19.2 Å². The minimum absolute atomic E-state index is 0.0328. The number of Topliss-reactive ketones (excluding diaryl/α,β-unsaturated/α-hetero) is 3. The lowest BCUT2D eigenvalue weighted by atomic mass is 9.79. The summed E-state index contributed by atoms with van der Waals surface area (Å²) in [5.41, 5.74) is 0.407. The zero-order chi connectivity index (χ0) is 25.3. The highest BCUT2D eigenvalue weighted by Crippen LogP contribution is 2.37. The first-order valence-corrected chi connectivity index (χ1v) is 10.9. The van der Waals surface area contributed by atoms with Gasteiger partial charge in [0.15, 0.2) is 11.6 Å². The SMILES string of the molecule is COc1ccccc1CC(=O)C1=C(CC2=CC(=O)OC(C)(C)O2)C(=O)c2cccc(OC)c2C1=O. The number of ketones is 3. The highest BCUT2D eigenvalue weighted by atomic mass is 16.7. The molecule has 4 rings (SSSR count). The zero-order valence-corrected chi connectivity index (χ0v) is 19.8. The second kappa shape index (κ2) is 9.21. The molecule has 0 atom stereocenters. The highest BCUT2D eigenvalue weighted by Gasteiger charge is 2.39. The molecule has 2 aliphatic rings. The Hall–Kier alpha value is -4.20. The smallest absolute Gasteiger partial charge is 0.337 e. The van der Waals surface area contributed by atoms with Crippen LogP contribution >= 0.6 is 0 Å². The van der Waals surface area contributed by atoms with E-state index in [0.717, 1.165) is 6.08 Å². The Bertz CT molecular complexity index is 1310. The predicted octanol–water partition coefficient (Wildman–Crippen LogP) is 3.77. The van der Waals surface area contributed by atoms with Gasteiger partial charge in [-0.25, -0.2) is 4.79 Å². The van der Waals surface area contributed by atoms with Gasteiger partial charge in [-0.15, -0.1) is 0 Å². The maximum atomic E-state index is 13.7. The van der Waals surface area contributed by atoms with Crippen molar-refractivity contribution in [2.75, 3.05) is 14.2 Å². The molecule has 1 heterocycles. The Labute approximate surface area is 202 Å². The molecular formula is C27H24O8. The average Bonchev–Trinajstić information content (AvgIpc) is 2.80. The van der Waals surface area contributed by atoms with E-state index in [1.165, 1.54) is 20.3 Å². The summed E-state index contributed by atoms with van der Waals surface area (Å²) in [6, 6.07) is 11.6. The summed E-state index contributed by atoms with van der Waals surface area (Å²) in [7, 11) is 2.87. The molecule has 1 aliphatic heterocycles. The first kappa shape index (κ1) is 23.9. The van der Waals surface area contributed by atoms with Gasteiger partial charge in [0, 0.05) is 43.4 Å². The Morgan fingerprint density at radius 1 is 0.886 bits per heavy atom. The molecule has 0 saturated carbocycles.